The van der Waals surface area contributed by atoms with Gasteiger partial charge in [-0.05, 0) is 62.1 Å². The summed E-state index contributed by atoms with van der Waals surface area (Å²) in [4.78, 5) is 29.6. The van der Waals surface area contributed by atoms with Crippen molar-refractivity contribution in [3.8, 4) is 17.1 Å². The second-order valence-corrected chi connectivity index (χ2v) is 11.6. The van der Waals surface area contributed by atoms with E-state index in [1.807, 2.05) is 0 Å². The molecule has 0 unspecified atom stereocenters. The van der Waals surface area contributed by atoms with Gasteiger partial charge in [-0.2, -0.15) is 5.10 Å². The first-order chi connectivity index (χ1) is 19.9. The fraction of sp³-hybridized carbons (Fsp3) is 0.533. The highest BCUT2D eigenvalue weighted by atomic mass is 16.5. The molecule has 0 saturated carbocycles. The molecule has 0 aliphatic carbocycles. The lowest BCUT2D eigenvalue weighted by atomic mass is 9.92. The maximum absolute atomic E-state index is 13.1. The molecule has 0 spiro atoms. The molecule has 3 aliphatic rings. The predicted octanol–water partition coefficient (Wildman–Crippen LogP) is 1.73. The Labute approximate surface area is 241 Å². The number of carbonyl (C=O) groups excluding carboxylic acids is 1. The number of nitrogens with two attached hydrogens (primary N) is 1. The summed E-state index contributed by atoms with van der Waals surface area (Å²) in [5, 5.41) is 7.62. The highest BCUT2D eigenvalue weighted by molar-refractivity contribution is 5.94. The summed E-state index contributed by atoms with van der Waals surface area (Å²) in [5.74, 6) is 0.561. The van der Waals surface area contributed by atoms with Crippen molar-refractivity contribution in [2.45, 2.75) is 38.8 Å². The average molecular weight is 560 g/mol. The number of ether oxygens (including phenoxy) is 1. The summed E-state index contributed by atoms with van der Waals surface area (Å²) < 4.78 is 6.99. The molecule has 0 atom stereocenters. The number of aromatic nitrogens is 4. The molecule has 11 nitrogen and oxygen atoms in total. The molecule has 3 aromatic rings. The van der Waals surface area contributed by atoms with Crippen LogP contribution in [0.25, 0.3) is 17.1 Å². The maximum Gasteiger partial charge on any atom is 0.254 e. The van der Waals surface area contributed by atoms with Crippen LogP contribution >= 0.6 is 0 Å². The van der Waals surface area contributed by atoms with E-state index < -0.39 is 0 Å². The Balaban J connectivity index is 1.08. The zero-order chi connectivity index (χ0) is 28.3. The van der Waals surface area contributed by atoms with Gasteiger partial charge < -0.3 is 25.6 Å². The highest BCUT2D eigenvalue weighted by Gasteiger charge is 2.23. The number of carbonyl (C=O) groups is 1. The summed E-state index contributed by atoms with van der Waals surface area (Å²) in [7, 11) is 2.15. The van der Waals surface area contributed by atoms with Gasteiger partial charge in [0.2, 0.25) is 0 Å². The lowest BCUT2D eigenvalue weighted by Gasteiger charge is -2.34. The van der Waals surface area contributed by atoms with Crippen LogP contribution in [0.1, 0.15) is 39.9 Å². The minimum absolute atomic E-state index is 0.125. The van der Waals surface area contributed by atoms with Gasteiger partial charge in [-0.25, -0.2) is 14.6 Å². The van der Waals surface area contributed by atoms with Gasteiger partial charge in [-0.1, -0.05) is 0 Å². The highest BCUT2D eigenvalue weighted by Crippen LogP contribution is 2.29. The van der Waals surface area contributed by atoms with E-state index in [4.69, 9.17) is 15.5 Å². The third kappa shape index (κ3) is 6.43. The molecule has 218 valence electrons. The van der Waals surface area contributed by atoms with Gasteiger partial charge in [-0.3, -0.25) is 9.69 Å². The third-order valence-electron chi connectivity index (χ3n) is 8.65. The van der Waals surface area contributed by atoms with E-state index in [0.29, 0.717) is 11.4 Å². The number of nitrogen functional groups attached to an aromatic ring is 1. The number of aryl methyl sites for hydroxylation is 1. The molecule has 5 heterocycles. The smallest absolute Gasteiger partial charge is 0.254 e. The Morgan fingerprint density at radius 1 is 1.07 bits per heavy atom. The van der Waals surface area contributed by atoms with Crippen molar-refractivity contribution in [2.75, 3.05) is 71.8 Å². The zero-order valence-corrected chi connectivity index (χ0v) is 24.2. The van der Waals surface area contributed by atoms with Crippen molar-refractivity contribution in [2.24, 2.45) is 0 Å². The first-order valence-electron chi connectivity index (χ1n) is 14.7. The quantitative estimate of drug-likeness (QED) is 0.446. The fourth-order valence-electron chi connectivity index (χ4n) is 6.14. The third-order valence-corrected chi connectivity index (χ3v) is 8.65. The zero-order valence-electron chi connectivity index (χ0n) is 24.2. The summed E-state index contributed by atoms with van der Waals surface area (Å²) in [6.45, 7) is 12.0. The lowest BCUT2D eigenvalue weighted by molar-refractivity contribution is 0.0319. The standard InChI is InChI=1S/C30H41N9O2/c1-21-15-22(16-23-19-36(2)6-5-26(21)23)27-18-32-28(31)29(35-27)39-20-24(17-33-39)30(40)34-25-3-7-37(8-4-25)9-10-38-11-13-41-14-12-38/h15-18,20,25H,3-14,19H2,1-2H3,(H2,31,32)(H,34,40). The minimum atomic E-state index is -0.125. The van der Waals surface area contributed by atoms with Crippen molar-refractivity contribution in [1.82, 2.24) is 39.8 Å². The summed E-state index contributed by atoms with van der Waals surface area (Å²) in [5.41, 5.74) is 12.5. The van der Waals surface area contributed by atoms with Crippen LogP contribution in [0.15, 0.2) is 30.7 Å². The minimum Gasteiger partial charge on any atom is -0.381 e. The van der Waals surface area contributed by atoms with Gasteiger partial charge in [0, 0.05) is 70.2 Å². The molecule has 2 aromatic heterocycles. The molecule has 2 fully saturated rings. The van der Waals surface area contributed by atoms with E-state index in [0.717, 1.165) is 96.1 Å². The molecule has 3 aliphatic heterocycles. The average Bonchev–Trinajstić information content (AvgIpc) is 3.48. The van der Waals surface area contributed by atoms with Gasteiger partial charge in [-0.15, -0.1) is 0 Å². The van der Waals surface area contributed by atoms with E-state index in [-0.39, 0.29) is 17.8 Å². The maximum atomic E-state index is 13.1. The molecule has 41 heavy (non-hydrogen) atoms. The molecule has 1 aromatic carbocycles. The molecule has 1 amide bonds. The van der Waals surface area contributed by atoms with Gasteiger partial charge in [0.15, 0.2) is 11.6 Å². The fourth-order valence-corrected chi connectivity index (χ4v) is 6.14. The Hall–Kier alpha value is -3.38. The van der Waals surface area contributed by atoms with Crippen molar-refractivity contribution >= 4 is 11.7 Å². The van der Waals surface area contributed by atoms with Gasteiger partial charge >= 0.3 is 0 Å². The van der Waals surface area contributed by atoms with Crippen molar-refractivity contribution < 1.29 is 9.53 Å². The molecule has 0 radical (unpaired) electrons. The molecule has 3 N–H and O–H groups in total. The van der Waals surface area contributed by atoms with Crippen LogP contribution in [0, 0.1) is 6.92 Å². The first-order valence-corrected chi connectivity index (χ1v) is 14.7. The first kappa shape index (κ1) is 27.8. The number of anilines is 1. The Kier molecular flexibility index (Phi) is 8.29. The number of nitrogens with one attached hydrogen (secondary N) is 1. The number of fused-ring (bicyclic) bond motifs is 1. The number of benzene rings is 1. The van der Waals surface area contributed by atoms with Crippen LogP contribution in [0.4, 0.5) is 5.82 Å². The second kappa shape index (κ2) is 12.2. The van der Waals surface area contributed by atoms with E-state index >= 15 is 0 Å². The van der Waals surface area contributed by atoms with Crippen LogP contribution in [-0.2, 0) is 17.7 Å². The molecule has 6 rings (SSSR count). The number of morpholine rings is 1. The predicted molar refractivity (Wildman–Crippen MR) is 158 cm³/mol. The van der Waals surface area contributed by atoms with Crippen LogP contribution in [0.3, 0.4) is 0 Å². The van der Waals surface area contributed by atoms with E-state index in [1.54, 1.807) is 23.3 Å². The Morgan fingerprint density at radius 2 is 1.83 bits per heavy atom. The number of rotatable bonds is 7. The van der Waals surface area contributed by atoms with E-state index in [2.05, 4.69) is 56.2 Å². The topological polar surface area (TPSA) is 118 Å². The van der Waals surface area contributed by atoms with Gasteiger partial charge in [0.25, 0.3) is 5.91 Å². The van der Waals surface area contributed by atoms with Crippen molar-refractivity contribution in [3.05, 3.63) is 53.0 Å². The lowest BCUT2D eigenvalue weighted by Crippen LogP contribution is -2.47. The van der Waals surface area contributed by atoms with E-state index in [1.165, 1.54) is 16.7 Å². The molecule has 2 saturated heterocycles. The number of amides is 1. The number of piperidine rings is 1. The Bertz CT molecular complexity index is 1380. The number of hydrogen-bond acceptors (Lipinski definition) is 9. The summed E-state index contributed by atoms with van der Waals surface area (Å²) in [6, 6.07) is 4.53. The van der Waals surface area contributed by atoms with Crippen molar-refractivity contribution in [1.29, 1.82) is 0 Å². The number of nitrogens with zero attached hydrogens (tertiary/aromatic N) is 7. The van der Waals surface area contributed by atoms with Crippen LogP contribution in [0.5, 0.6) is 0 Å². The van der Waals surface area contributed by atoms with Crippen LogP contribution in [-0.4, -0.2) is 112 Å². The molecule has 0 bridgehead atoms. The number of hydrogen-bond donors (Lipinski definition) is 2. The monoisotopic (exact) mass is 559 g/mol. The summed E-state index contributed by atoms with van der Waals surface area (Å²) in [6.07, 6.45) is 7.90. The van der Waals surface area contributed by atoms with E-state index in [9.17, 15) is 4.79 Å². The number of likely N-dealkylation sites (tertiary alicyclic amines) is 1. The molecular weight excluding hydrogens is 518 g/mol. The number of likely N-dealkylation sites (N-methyl/N-ethyl adjacent to an activating group) is 1. The normalized spacial score (nSPS) is 19.3. The molecular formula is C30H41N9O2. The van der Waals surface area contributed by atoms with Crippen molar-refractivity contribution in [3.63, 3.8) is 0 Å². The van der Waals surface area contributed by atoms with Crippen LogP contribution in [0.2, 0.25) is 0 Å². The Morgan fingerprint density at radius 3 is 2.61 bits per heavy atom. The molecule has 11 heteroatoms. The second-order valence-electron chi connectivity index (χ2n) is 11.6. The van der Waals surface area contributed by atoms with Gasteiger partial charge in [0.1, 0.15) is 0 Å². The summed E-state index contributed by atoms with van der Waals surface area (Å²) >= 11 is 0. The SMILES string of the molecule is Cc1cc(-c2cnc(N)c(-n3cc(C(=O)NC4CCN(CCN5CCOCC5)CC4)cn3)n2)cc2c1CCN(C)C2. The van der Waals surface area contributed by atoms with Crippen LogP contribution < -0.4 is 11.1 Å². The van der Waals surface area contributed by atoms with Gasteiger partial charge in [0.05, 0.1) is 36.9 Å². The largest absolute Gasteiger partial charge is 0.381 e.